The van der Waals surface area contributed by atoms with Crippen LogP contribution in [0.4, 0.5) is 0 Å². The first kappa shape index (κ1) is 18.3. The van der Waals surface area contributed by atoms with Crippen molar-refractivity contribution >= 4 is 32.3 Å². The fourth-order valence-corrected chi connectivity index (χ4v) is 4.68. The molecule has 0 aliphatic heterocycles. The monoisotopic (exact) mass is 414 g/mol. The van der Waals surface area contributed by atoms with Crippen LogP contribution >= 0.6 is 0 Å². The molecule has 1 heterocycles. The van der Waals surface area contributed by atoms with E-state index in [-0.39, 0.29) is 11.1 Å². The summed E-state index contributed by atoms with van der Waals surface area (Å²) in [5.41, 5.74) is 3.61. The minimum Gasteiger partial charge on any atom is -0.267 e. The van der Waals surface area contributed by atoms with Crippen LogP contribution in [0.25, 0.3) is 54.6 Å². The van der Waals surface area contributed by atoms with Crippen LogP contribution in [0.2, 0.25) is 0 Å². The highest BCUT2D eigenvalue weighted by atomic mass is 16.1. The van der Waals surface area contributed by atoms with E-state index in [1.54, 1.807) is 0 Å². The quantitative estimate of drug-likeness (QED) is 0.349. The smallest absolute Gasteiger partial charge is 0.267 e. The number of H-pyrrole nitrogens is 2. The van der Waals surface area contributed by atoms with Crippen LogP contribution in [0, 0.1) is 0 Å². The van der Waals surface area contributed by atoms with Crippen molar-refractivity contribution in [2.45, 2.75) is 0 Å². The van der Waals surface area contributed by atoms with E-state index in [2.05, 4.69) is 46.6 Å². The fraction of sp³-hybridized carbons (Fsp3) is 0. The Labute approximate surface area is 182 Å². The molecule has 4 heteroatoms. The lowest BCUT2D eigenvalue weighted by Crippen LogP contribution is -2.18. The maximum atomic E-state index is 12.6. The van der Waals surface area contributed by atoms with Crippen molar-refractivity contribution in [1.29, 1.82) is 0 Å². The van der Waals surface area contributed by atoms with Gasteiger partial charge in [-0.3, -0.25) is 19.8 Å². The van der Waals surface area contributed by atoms with E-state index in [4.69, 9.17) is 0 Å². The SMILES string of the molecule is O=c1[nH][nH]c(=O)c2cc3c(-c4ccccc4)c4ccccc4c(-c4ccccc4)c3cc12. The van der Waals surface area contributed by atoms with Crippen molar-refractivity contribution in [3.63, 3.8) is 0 Å². The first-order valence-corrected chi connectivity index (χ1v) is 10.5. The van der Waals surface area contributed by atoms with Crippen LogP contribution < -0.4 is 11.1 Å². The summed E-state index contributed by atoms with van der Waals surface area (Å²) in [6.07, 6.45) is 0. The largest absolute Gasteiger partial charge is 0.270 e. The van der Waals surface area contributed by atoms with Gasteiger partial charge in [0.05, 0.1) is 10.8 Å². The van der Waals surface area contributed by atoms with Crippen LogP contribution in [0.15, 0.2) is 107 Å². The number of aromatic amines is 2. The molecule has 0 radical (unpaired) electrons. The van der Waals surface area contributed by atoms with Crippen molar-refractivity contribution in [3.05, 3.63) is 118 Å². The molecule has 2 N–H and O–H groups in total. The van der Waals surface area contributed by atoms with Crippen LogP contribution in [-0.4, -0.2) is 10.2 Å². The molecule has 0 saturated heterocycles. The molecule has 4 nitrogen and oxygen atoms in total. The zero-order valence-corrected chi connectivity index (χ0v) is 17.1. The van der Waals surface area contributed by atoms with Gasteiger partial charge in [-0.1, -0.05) is 84.9 Å². The number of fused-ring (bicyclic) bond motifs is 3. The van der Waals surface area contributed by atoms with E-state index >= 15 is 0 Å². The van der Waals surface area contributed by atoms with E-state index in [9.17, 15) is 9.59 Å². The van der Waals surface area contributed by atoms with Crippen molar-refractivity contribution < 1.29 is 0 Å². The number of hydrogen-bond acceptors (Lipinski definition) is 2. The van der Waals surface area contributed by atoms with Gasteiger partial charge in [-0.15, -0.1) is 0 Å². The van der Waals surface area contributed by atoms with Crippen molar-refractivity contribution in [2.24, 2.45) is 0 Å². The summed E-state index contributed by atoms with van der Waals surface area (Å²) >= 11 is 0. The predicted molar refractivity (Wildman–Crippen MR) is 131 cm³/mol. The van der Waals surface area contributed by atoms with Crippen LogP contribution in [0.3, 0.4) is 0 Å². The fourth-order valence-electron chi connectivity index (χ4n) is 4.68. The van der Waals surface area contributed by atoms with Crippen LogP contribution in [0.5, 0.6) is 0 Å². The first-order valence-electron chi connectivity index (χ1n) is 10.5. The highest BCUT2D eigenvalue weighted by Crippen LogP contribution is 2.44. The zero-order valence-electron chi connectivity index (χ0n) is 17.1. The molecule has 0 saturated carbocycles. The van der Waals surface area contributed by atoms with Gasteiger partial charge >= 0.3 is 0 Å². The Morgan fingerprint density at radius 1 is 0.406 bits per heavy atom. The summed E-state index contributed by atoms with van der Waals surface area (Å²) in [6.45, 7) is 0. The second kappa shape index (κ2) is 7.06. The van der Waals surface area contributed by atoms with Gasteiger partial charge in [0.2, 0.25) is 0 Å². The maximum absolute atomic E-state index is 12.6. The molecular weight excluding hydrogens is 396 g/mol. The zero-order chi connectivity index (χ0) is 21.7. The molecule has 6 rings (SSSR count). The lowest BCUT2D eigenvalue weighted by molar-refractivity contribution is 0.977. The second-order valence-corrected chi connectivity index (χ2v) is 7.88. The van der Waals surface area contributed by atoms with Gasteiger partial charge in [-0.2, -0.15) is 0 Å². The third-order valence-electron chi connectivity index (χ3n) is 6.07. The Kier molecular flexibility index (Phi) is 4.05. The molecule has 32 heavy (non-hydrogen) atoms. The Morgan fingerprint density at radius 3 is 1.19 bits per heavy atom. The number of hydrogen-bond donors (Lipinski definition) is 2. The summed E-state index contributed by atoms with van der Waals surface area (Å²) in [5.74, 6) is 0. The molecule has 0 unspecified atom stereocenters. The van der Waals surface area contributed by atoms with Crippen LogP contribution in [0.1, 0.15) is 0 Å². The standard InChI is InChI=1S/C28H18N2O2/c31-27-23-15-21-22(16-24(23)28(32)30-29-27)26(18-11-5-2-6-12-18)20-14-8-7-13-19(20)25(21)17-9-3-1-4-10-17/h1-16H,(H,29,31)(H,30,32). The third kappa shape index (κ3) is 2.70. The molecule has 6 aromatic rings. The van der Waals surface area contributed by atoms with Gasteiger partial charge < -0.3 is 0 Å². The molecule has 152 valence electrons. The van der Waals surface area contributed by atoms with Crippen molar-refractivity contribution in [2.75, 3.05) is 0 Å². The van der Waals surface area contributed by atoms with Gasteiger partial charge in [0.1, 0.15) is 0 Å². The molecule has 0 fully saturated rings. The van der Waals surface area contributed by atoms with E-state index < -0.39 is 0 Å². The summed E-state index contributed by atoms with van der Waals surface area (Å²) < 4.78 is 0. The number of nitrogens with one attached hydrogen (secondary N) is 2. The summed E-state index contributed by atoms with van der Waals surface area (Å²) in [7, 11) is 0. The van der Waals surface area contributed by atoms with E-state index in [0.717, 1.165) is 43.8 Å². The Balaban J connectivity index is 1.94. The summed E-state index contributed by atoms with van der Waals surface area (Å²) in [5, 5.41) is 9.77. The highest BCUT2D eigenvalue weighted by Gasteiger charge is 2.18. The molecule has 0 aliphatic rings. The first-order chi connectivity index (χ1) is 15.7. The topological polar surface area (TPSA) is 65.7 Å². The molecule has 0 amide bonds. The maximum Gasteiger partial charge on any atom is 0.270 e. The average Bonchev–Trinajstić information content (AvgIpc) is 2.85. The minimum absolute atomic E-state index is 0.310. The highest BCUT2D eigenvalue weighted by molar-refractivity contribution is 6.23. The second-order valence-electron chi connectivity index (χ2n) is 7.88. The number of rotatable bonds is 2. The molecular formula is C28H18N2O2. The van der Waals surface area contributed by atoms with E-state index in [1.165, 1.54) is 0 Å². The lowest BCUT2D eigenvalue weighted by Gasteiger charge is -2.18. The van der Waals surface area contributed by atoms with Crippen molar-refractivity contribution in [1.82, 2.24) is 10.2 Å². The van der Waals surface area contributed by atoms with Crippen molar-refractivity contribution in [3.8, 4) is 22.3 Å². The lowest BCUT2D eigenvalue weighted by atomic mass is 9.85. The van der Waals surface area contributed by atoms with Gasteiger partial charge in [-0.05, 0) is 55.9 Å². The number of aromatic nitrogens is 2. The average molecular weight is 414 g/mol. The Bertz CT molecular complexity index is 1620. The number of benzene rings is 5. The van der Waals surface area contributed by atoms with Gasteiger partial charge in [0.15, 0.2) is 0 Å². The molecule has 0 atom stereocenters. The van der Waals surface area contributed by atoms with E-state index in [1.807, 2.05) is 60.7 Å². The summed E-state index contributed by atoms with van der Waals surface area (Å²) in [4.78, 5) is 25.2. The molecule has 0 aliphatic carbocycles. The minimum atomic E-state index is -0.310. The molecule has 1 aromatic heterocycles. The predicted octanol–water partition coefficient (Wildman–Crippen LogP) is 5.86. The van der Waals surface area contributed by atoms with Gasteiger partial charge in [0.25, 0.3) is 11.1 Å². The van der Waals surface area contributed by atoms with Gasteiger partial charge in [0, 0.05) is 0 Å². The van der Waals surface area contributed by atoms with E-state index in [0.29, 0.717) is 10.8 Å². The third-order valence-corrected chi connectivity index (χ3v) is 6.07. The molecule has 0 spiro atoms. The molecule has 0 bridgehead atoms. The Hall–Kier alpha value is -4.44. The Morgan fingerprint density at radius 2 is 0.781 bits per heavy atom. The molecule has 5 aromatic carbocycles. The van der Waals surface area contributed by atoms with Gasteiger partial charge in [-0.25, -0.2) is 0 Å². The van der Waals surface area contributed by atoms with Crippen LogP contribution in [-0.2, 0) is 0 Å². The normalized spacial score (nSPS) is 11.4. The summed E-state index contributed by atoms with van der Waals surface area (Å²) in [6, 6.07) is 32.4.